The monoisotopic (exact) mass is 276 g/mol. The smallest absolute Gasteiger partial charge is 0.0705 e. The Bertz CT molecular complexity index is 762. The van der Waals surface area contributed by atoms with E-state index in [1.165, 1.54) is 22.1 Å². The molecular formula is C19H20N2. The third kappa shape index (κ3) is 3.11. The van der Waals surface area contributed by atoms with Crippen LogP contribution in [0.3, 0.4) is 0 Å². The van der Waals surface area contributed by atoms with Crippen molar-refractivity contribution in [3.05, 3.63) is 77.0 Å². The van der Waals surface area contributed by atoms with E-state index in [4.69, 9.17) is 4.98 Å². The average molecular weight is 276 g/mol. The third-order valence-corrected chi connectivity index (χ3v) is 3.82. The Kier molecular flexibility index (Phi) is 3.98. The zero-order valence-corrected chi connectivity index (χ0v) is 12.6. The van der Waals surface area contributed by atoms with Crippen LogP contribution in [-0.4, -0.2) is 12.0 Å². The van der Waals surface area contributed by atoms with E-state index in [1.807, 2.05) is 13.1 Å². The summed E-state index contributed by atoms with van der Waals surface area (Å²) in [4.78, 5) is 4.77. The number of hydrogen-bond acceptors (Lipinski definition) is 2. The predicted octanol–water partition coefficient (Wildman–Crippen LogP) is 3.85. The van der Waals surface area contributed by atoms with Gasteiger partial charge in [0, 0.05) is 24.0 Å². The number of fused-ring (bicyclic) bond motifs is 1. The Labute approximate surface area is 125 Å². The van der Waals surface area contributed by atoms with Gasteiger partial charge in [-0.1, -0.05) is 42.5 Å². The fraction of sp³-hybridized carbons (Fsp3) is 0.211. The molecule has 0 aliphatic carbocycles. The van der Waals surface area contributed by atoms with Crippen molar-refractivity contribution >= 4 is 10.9 Å². The van der Waals surface area contributed by atoms with Crippen LogP contribution in [0.4, 0.5) is 0 Å². The molecule has 0 saturated heterocycles. The fourth-order valence-corrected chi connectivity index (χ4v) is 2.63. The summed E-state index contributed by atoms with van der Waals surface area (Å²) in [6.45, 7) is 3.07. The molecule has 0 atom stereocenters. The van der Waals surface area contributed by atoms with Gasteiger partial charge in [-0.15, -0.1) is 0 Å². The molecule has 106 valence electrons. The number of nitrogens with one attached hydrogen (secondary N) is 1. The summed E-state index contributed by atoms with van der Waals surface area (Å²) in [5.41, 5.74) is 6.19. The number of pyridine rings is 1. The van der Waals surface area contributed by atoms with Crippen molar-refractivity contribution in [2.45, 2.75) is 19.9 Å². The van der Waals surface area contributed by atoms with Crippen molar-refractivity contribution < 1.29 is 0 Å². The van der Waals surface area contributed by atoms with Crippen LogP contribution in [0.25, 0.3) is 10.9 Å². The average Bonchev–Trinajstić information content (AvgIpc) is 2.51. The minimum absolute atomic E-state index is 0.883. The van der Waals surface area contributed by atoms with Gasteiger partial charge in [0.15, 0.2) is 0 Å². The molecule has 2 nitrogen and oxygen atoms in total. The Hall–Kier alpha value is -2.19. The van der Waals surface area contributed by atoms with Crippen molar-refractivity contribution in [1.29, 1.82) is 0 Å². The Morgan fingerprint density at radius 2 is 1.86 bits per heavy atom. The number of nitrogens with zero attached hydrogens (tertiary/aromatic N) is 1. The van der Waals surface area contributed by atoms with Crippen molar-refractivity contribution in [3.63, 3.8) is 0 Å². The molecule has 1 N–H and O–H groups in total. The van der Waals surface area contributed by atoms with Gasteiger partial charge >= 0.3 is 0 Å². The summed E-state index contributed by atoms with van der Waals surface area (Å²) < 4.78 is 0. The van der Waals surface area contributed by atoms with Crippen LogP contribution in [0.5, 0.6) is 0 Å². The molecule has 0 spiro atoms. The molecule has 0 radical (unpaired) electrons. The van der Waals surface area contributed by atoms with E-state index in [1.54, 1.807) is 0 Å². The maximum atomic E-state index is 4.77. The number of para-hydroxylation sites is 1. The van der Waals surface area contributed by atoms with Crippen molar-refractivity contribution in [2.24, 2.45) is 0 Å². The molecule has 0 amide bonds. The van der Waals surface area contributed by atoms with Crippen LogP contribution >= 0.6 is 0 Å². The summed E-state index contributed by atoms with van der Waals surface area (Å²) in [5, 5.41) is 4.40. The lowest BCUT2D eigenvalue weighted by Gasteiger charge is -2.09. The second-order valence-corrected chi connectivity index (χ2v) is 5.46. The molecule has 3 rings (SSSR count). The lowest BCUT2D eigenvalue weighted by Crippen LogP contribution is -2.06. The predicted molar refractivity (Wildman–Crippen MR) is 88.5 cm³/mol. The van der Waals surface area contributed by atoms with Gasteiger partial charge in [0.25, 0.3) is 0 Å². The van der Waals surface area contributed by atoms with E-state index in [0.717, 1.165) is 24.2 Å². The maximum absolute atomic E-state index is 4.77. The largest absolute Gasteiger partial charge is 0.316 e. The summed E-state index contributed by atoms with van der Waals surface area (Å²) in [7, 11) is 1.98. The third-order valence-electron chi connectivity index (χ3n) is 3.82. The first-order valence-corrected chi connectivity index (χ1v) is 7.34. The van der Waals surface area contributed by atoms with Crippen molar-refractivity contribution in [3.8, 4) is 0 Å². The van der Waals surface area contributed by atoms with Crippen LogP contribution in [0.2, 0.25) is 0 Å². The van der Waals surface area contributed by atoms with Gasteiger partial charge in [-0.2, -0.15) is 0 Å². The Morgan fingerprint density at radius 3 is 2.71 bits per heavy atom. The van der Waals surface area contributed by atoms with Crippen LogP contribution in [0.15, 0.2) is 54.6 Å². The number of benzene rings is 2. The minimum atomic E-state index is 0.883. The van der Waals surface area contributed by atoms with E-state index in [0.29, 0.717) is 0 Å². The van der Waals surface area contributed by atoms with Crippen molar-refractivity contribution in [1.82, 2.24) is 10.3 Å². The molecule has 0 bridgehead atoms. The molecule has 0 aliphatic rings. The maximum Gasteiger partial charge on any atom is 0.0705 e. The van der Waals surface area contributed by atoms with Crippen LogP contribution in [-0.2, 0) is 13.0 Å². The number of rotatable bonds is 4. The van der Waals surface area contributed by atoms with E-state index in [2.05, 4.69) is 60.8 Å². The fourth-order valence-electron chi connectivity index (χ4n) is 2.63. The molecule has 1 heterocycles. The molecule has 2 heteroatoms. The molecule has 21 heavy (non-hydrogen) atoms. The summed E-state index contributed by atoms with van der Waals surface area (Å²) in [5.74, 6) is 0. The van der Waals surface area contributed by atoms with Gasteiger partial charge in [-0.05, 0) is 42.8 Å². The normalized spacial score (nSPS) is 11.0. The van der Waals surface area contributed by atoms with Crippen LogP contribution in [0.1, 0.15) is 22.4 Å². The van der Waals surface area contributed by atoms with E-state index in [9.17, 15) is 0 Å². The quantitative estimate of drug-likeness (QED) is 0.783. The molecule has 2 aromatic carbocycles. The topological polar surface area (TPSA) is 24.9 Å². The summed E-state index contributed by atoms with van der Waals surface area (Å²) >= 11 is 0. The van der Waals surface area contributed by atoms with Gasteiger partial charge in [0.1, 0.15) is 0 Å². The molecule has 0 unspecified atom stereocenters. The highest BCUT2D eigenvalue weighted by Gasteiger charge is 2.04. The second-order valence-electron chi connectivity index (χ2n) is 5.46. The standard InChI is InChI=1S/C19H20N2/c1-14-7-8-15(13-20-2)11-17(14)12-18-10-9-16-5-3-4-6-19(16)21-18/h3-11,20H,12-13H2,1-2H3. The van der Waals surface area contributed by atoms with Gasteiger partial charge in [0.2, 0.25) is 0 Å². The zero-order valence-electron chi connectivity index (χ0n) is 12.6. The lowest BCUT2D eigenvalue weighted by atomic mass is 10.00. The van der Waals surface area contributed by atoms with Crippen LogP contribution in [0, 0.1) is 6.92 Å². The van der Waals surface area contributed by atoms with Gasteiger partial charge < -0.3 is 5.32 Å². The molecule has 0 saturated carbocycles. The molecular weight excluding hydrogens is 256 g/mol. The van der Waals surface area contributed by atoms with Crippen LogP contribution < -0.4 is 5.32 Å². The molecule has 0 fully saturated rings. The van der Waals surface area contributed by atoms with Gasteiger partial charge in [-0.3, -0.25) is 4.98 Å². The number of aromatic nitrogens is 1. The zero-order chi connectivity index (χ0) is 14.7. The Morgan fingerprint density at radius 1 is 1.00 bits per heavy atom. The number of aryl methyl sites for hydroxylation is 1. The first-order valence-electron chi connectivity index (χ1n) is 7.34. The Balaban J connectivity index is 1.92. The van der Waals surface area contributed by atoms with Crippen molar-refractivity contribution in [2.75, 3.05) is 7.05 Å². The first kappa shape index (κ1) is 13.8. The summed E-state index contributed by atoms with van der Waals surface area (Å²) in [6, 6.07) is 19.2. The van der Waals surface area contributed by atoms with Gasteiger partial charge in [-0.25, -0.2) is 0 Å². The highest BCUT2D eigenvalue weighted by Crippen LogP contribution is 2.18. The summed E-state index contributed by atoms with van der Waals surface area (Å²) in [6.07, 6.45) is 0.883. The van der Waals surface area contributed by atoms with E-state index < -0.39 is 0 Å². The molecule has 1 aromatic heterocycles. The SMILES string of the molecule is CNCc1ccc(C)c(Cc2ccc3ccccc3n2)c1. The highest BCUT2D eigenvalue weighted by molar-refractivity contribution is 5.78. The number of hydrogen-bond donors (Lipinski definition) is 1. The second kappa shape index (κ2) is 6.06. The molecule has 3 aromatic rings. The van der Waals surface area contributed by atoms with Gasteiger partial charge in [0.05, 0.1) is 5.52 Å². The van der Waals surface area contributed by atoms with E-state index in [-0.39, 0.29) is 0 Å². The molecule has 0 aliphatic heterocycles. The first-order chi connectivity index (χ1) is 10.3. The lowest BCUT2D eigenvalue weighted by molar-refractivity contribution is 0.815. The highest BCUT2D eigenvalue weighted by atomic mass is 14.8. The minimum Gasteiger partial charge on any atom is -0.316 e. The van der Waals surface area contributed by atoms with E-state index >= 15 is 0 Å².